The average Bonchev–Trinajstić information content (AvgIpc) is 2.35. The van der Waals surface area contributed by atoms with Gasteiger partial charge in [-0.3, -0.25) is 9.78 Å². The highest BCUT2D eigenvalue weighted by atomic mass is 16.5. The second-order valence-electron chi connectivity index (χ2n) is 3.94. The lowest BCUT2D eigenvalue weighted by atomic mass is 10.2. The molecule has 0 aliphatic heterocycles. The second kappa shape index (κ2) is 4.82. The third-order valence-electron chi connectivity index (χ3n) is 2.43. The molecule has 0 aliphatic carbocycles. The standard InChI is InChI=1S/C13H14N2O2/c1-15(2)13(16)9-17-11-7-10-5-3-4-6-12(10)14-8-11/h3-8H,9H2,1-2H3. The van der Waals surface area contributed by atoms with Crippen molar-refractivity contribution in [1.29, 1.82) is 0 Å². The maximum atomic E-state index is 11.4. The van der Waals surface area contributed by atoms with E-state index in [4.69, 9.17) is 4.74 Å². The number of carbonyl (C=O) groups is 1. The number of fused-ring (bicyclic) bond motifs is 1. The molecular formula is C13H14N2O2. The van der Waals surface area contributed by atoms with Crippen molar-refractivity contribution in [3.8, 4) is 5.75 Å². The van der Waals surface area contributed by atoms with Crippen LogP contribution in [-0.4, -0.2) is 36.5 Å². The minimum atomic E-state index is -0.0711. The van der Waals surface area contributed by atoms with E-state index < -0.39 is 0 Å². The molecule has 4 heteroatoms. The molecule has 0 fully saturated rings. The molecule has 1 heterocycles. The van der Waals surface area contributed by atoms with Crippen LogP contribution in [0.3, 0.4) is 0 Å². The summed E-state index contributed by atoms with van der Waals surface area (Å²) < 4.78 is 5.38. The van der Waals surface area contributed by atoms with Gasteiger partial charge in [0.2, 0.25) is 0 Å². The van der Waals surface area contributed by atoms with Crippen LogP contribution in [0.15, 0.2) is 36.5 Å². The monoisotopic (exact) mass is 230 g/mol. The van der Waals surface area contributed by atoms with Crippen LogP contribution < -0.4 is 4.74 Å². The van der Waals surface area contributed by atoms with Crippen LogP contribution in [0, 0.1) is 0 Å². The summed E-state index contributed by atoms with van der Waals surface area (Å²) in [5, 5.41) is 1.00. The number of amides is 1. The minimum Gasteiger partial charge on any atom is -0.482 e. The Hall–Kier alpha value is -2.10. The molecule has 0 bridgehead atoms. The van der Waals surface area contributed by atoms with E-state index in [2.05, 4.69) is 4.98 Å². The lowest BCUT2D eigenvalue weighted by Crippen LogP contribution is -2.27. The molecule has 0 saturated heterocycles. The van der Waals surface area contributed by atoms with Crippen LogP contribution in [0.25, 0.3) is 10.9 Å². The zero-order valence-electron chi connectivity index (χ0n) is 9.88. The molecule has 2 rings (SSSR count). The van der Waals surface area contributed by atoms with Gasteiger partial charge in [0.25, 0.3) is 5.91 Å². The lowest BCUT2D eigenvalue weighted by molar-refractivity contribution is -0.130. The molecule has 0 spiro atoms. The molecule has 88 valence electrons. The van der Waals surface area contributed by atoms with Crippen molar-refractivity contribution in [3.05, 3.63) is 36.5 Å². The van der Waals surface area contributed by atoms with E-state index in [1.807, 2.05) is 30.3 Å². The quantitative estimate of drug-likeness (QED) is 0.806. The zero-order valence-corrected chi connectivity index (χ0v) is 9.88. The summed E-state index contributed by atoms with van der Waals surface area (Å²) in [7, 11) is 3.40. The number of pyridine rings is 1. The number of hydrogen-bond donors (Lipinski definition) is 0. The van der Waals surface area contributed by atoms with Crippen molar-refractivity contribution in [2.24, 2.45) is 0 Å². The van der Waals surface area contributed by atoms with Gasteiger partial charge in [-0.1, -0.05) is 18.2 Å². The van der Waals surface area contributed by atoms with E-state index in [0.29, 0.717) is 5.75 Å². The molecule has 0 aliphatic rings. The smallest absolute Gasteiger partial charge is 0.259 e. The molecule has 0 radical (unpaired) electrons. The zero-order chi connectivity index (χ0) is 12.3. The molecule has 1 amide bonds. The minimum absolute atomic E-state index is 0.0347. The maximum Gasteiger partial charge on any atom is 0.259 e. The average molecular weight is 230 g/mol. The molecule has 0 unspecified atom stereocenters. The van der Waals surface area contributed by atoms with Gasteiger partial charge in [0.15, 0.2) is 6.61 Å². The van der Waals surface area contributed by atoms with Crippen molar-refractivity contribution in [3.63, 3.8) is 0 Å². The molecule has 2 aromatic rings. The van der Waals surface area contributed by atoms with Gasteiger partial charge in [0.1, 0.15) is 5.75 Å². The number of ether oxygens (including phenoxy) is 1. The summed E-state index contributed by atoms with van der Waals surface area (Å²) in [6.07, 6.45) is 1.63. The number of rotatable bonds is 3. The van der Waals surface area contributed by atoms with E-state index >= 15 is 0 Å². The predicted molar refractivity (Wildman–Crippen MR) is 65.9 cm³/mol. The fourth-order valence-corrected chi connectivity index (χ4v) is 1.40. The van der Waals surface area contributed by atoms with Crippen LogP contribution in [0.2, 0.25) is 0 Å². The van der Waals surface area contributed by atoms with E-state index in [1.54, 1.807) is 20.3 Å². The molecule has 1 aromatic heterocycles. The van der Waals surface area contributed by atoms with E-state index in [0.717, 1.165) is 10.9 Å². The van der Waals surface area contributed by atoms with E-state index in [-0.39, 0.29) is 12.5 Å². The molecule has 17 heavy (non-hydrogen) atoms. The van der Waals surface area contributed by atoms with Crippen molar-refractivity contribution in [2.75, 3.05) is 20.7 Å². The lowest BCUT2D eigenvalue weighted by Gasteiger charge is -2.11. The number of nitrogens with zero attached hydrogens (tertiary/aromatic N) is 2. The molecule has 1 aromatic carbocycles. The first-order valence-corrected chi connectivity index (χ1v) is 5.34. The summed E-state index contributed by atoms with van der Waals surface area (Å²) in [5.74, 6) is 0.539. The third-order valence-corrected chi connectivity index (χ3v) is 2.43. The number of hydrogen-bond acceptors (Lipinski definition) is 3. The van der Waals surface area contributed by atoms with Crippen molar-refractivity contribution in [2.45, 2.75) is 0 Å². The Morgan fingerprint density at radius 3 is 2.88 bits per heavy atom. The molecular weight excluding hydrogens is 216 g/mol. The predicted octanol–water partition coefficient (Wildman–Crippen LogP) is 1.70. The fraction of sp³-hybridized carbons (Fsp3) is 0.231. The van der Waals surface area contributed by atoms with Gasteiger partial charge in [-0.2, -0.15) is 0 Å². The summed E-state index contributed by atoms with van der Waals surface area (Å²) >= 11 is 0. The Balaban J connectivity index is 2.12. The second-order valence-corrected chi connectivity index (χ2v) is 3.94. The summed E-state index contributed by atoms with van der Waals surface area (Å²) in [5.41, 5.74) is 0.916. The number of benzene rings is 1. The van der Waals surface area contributed by atoms with Gasteiger partial charge in [0.05, 0.1) is 11.7 Å². The van der Waals surface area contributed by atoms with Gasteiger partial charge in [-0.05, 0) is 12.1 Å². The SMILES string of the molecule is CN(C)C(=O)COc1cnc2ccccc2c1. The van der Waals surface area contributed by atoms with E-state index in [1.165, 1.54) is 4.90 Å². The number of likely N-dealkylation sites (N-methyl/N-ethyl adjacent to an activating group) is 1. The van der Waals surface area contributed by atoms with Crippen molar-refractivity contribution in [1.82, 2.24) is 9.88 Å². The van der Waals surface area contributed by atoms with Gasteiger partial charge in [0, 0.05) is 19.5 Å². The van der Waals surface area contributed by atoms with Crippen LogP contribution >= 0.6 is 0 Å². The highest BCUT2D eigenvalue weighted by molar-refractivity contribution is 5.80. The molecule has 4 nitrogen and oxygen atoms in total. The number of carbonyl (C=O) groups excluding carboxylic acids is 1. The van der Waals surface area contributed by atoms with Crippen LogP contribution in [0.5, 0.6) is 5.75 Å². The molecule has 0 saturated carbocycles. The van der Waals surface area contributed by atoms with Crippen LogP contribution in [-0.2, 0) is 4.79 Å². The van der Waals surface area contributed by atoms with Gasteiger partial charge in [-0.15, -0.1) is 0 Å². The third kappa shape index (κ3) is 2.72. The molecule has 0 N–H and O–H groups in total. The topological polar surface area (TPSA) is 42.4 Å². The Bertz CT molecular complexity index is 538. The first kappa shape index (κ1) is 11.4. The first-order valence-electron chi connectivity index (χ1n) is 5.34. The Morgan fingerprint density at radius 1 is 1.35 bits per heavy atom. The van der Waals surface area contributed by atoms with Crippen LogP contribution in [0.1, 0.15) is 0 Å². The largest absolute Gasteiger partial charge is 0.482 e. The fourth-order valence-electron chi connectivity index (χ4n) is 1.40. The number of para-hydroxylation sites is 1. The highest BCUT2D eigenvalue weighted by Crippen LogP contribution is 2.17. The van der Waals surface area contributed by atoms with Crippen molar-refractivity contribution < 1.29 is 9.53 Å². The maximum absolute atomic E-state index is 11.4. The summed E-state index contributed by atoms with van der Waals surface area (Å²) in [6.45, 7) is 0.0347. The first-order chi connectivity index (χ1) is 8.16. The Labute approximate surface area is 99.8 Å². The van der Waals surface area contributed by atoms with Crippen LogP contribution in [0.4, 0.5) is 0 Å². The van der Waals surface area contributed by atoms with E-state index in [9.17, 15) is 4.79 Å². The van der Waals surface area contributed by atoms with Crippen molar-refractivity contribution >= 4 is 16.8 Å². The Kier molecular flexibility index (Phi) is 3.23. The summed E-state index contributed by atoms with van der Waals surface area (Å²) in [6, 6.07) is 9.66. The highest BCUT2D eigenvalue weighted by Gasteiger charge is 2.05. The Morgan fingerprint density at radius 2 is 2.12 bits per heavy atom. The normalized spacial score (nSPS) is 10.2. The van der Waals surface area contributed by atoms with Gasteiger partial charge in [-0.25, -0.2) is 0 Å². The summed E-state index contributed by atoms with van der Waals surface area (Å²) in [4.78, 5) is 17.1. The van der Waals surface area contributed by atoms with Gasteiger partial charge >= 0.3 is 0 Å². The molecule has 0 atom stereocenters. The number of aromatic nitrogens is 1. The van der Waals surface area contributed by atoms with Gasteiger partial charge < -0.3 is 9.64 Å².